The van der Waals surface area contributed by atoms with Crippen molar-refractivity contribution in [3.8, 4) is 0 Å². The third-order valence-electron chi connectivity index (χ3n) is 1.46. The van der Waals surface area contributed by atoms with Crippen LogP contribution in [0.15, 0.2) is 0 Å². The lowest BCUT2D eigenvalue weighted by molar-refractivity contribution is 0.580. The van der Waals surface area contributed by atoms with Crippen LogP contribution in [0.25, 0.3) is 0 Å². The van der Waals surface area contributed by atoms with E-state index in [0.717, 1.165) is 18.5 Å². The molecular weight excluding hydrogens is 154 g/mol. The summed E-state index contributed by atoms with van der Waals surface area (Å²) < 4.78 is 0. The molecular formula is C6H12ClNS. The van der Waals surface area contributed by atoms with Gasteiger partial charge in [-0.05, 0) is 12.2 Å². The van der Waals surface area contributed by atoms with Crippen LogP contribution in [0.2, 0.25) is 0 Å². The predicted octanol–water partition coefficient (Wildman–Crippen LogP) is 1.32. The SMILES string of the molecule is ClCCNC1CCSC1. The first-order valence-corrected chi connectivity index (χ1v) is 4.99. The maximum absolute atomic E-state index is 5.51. The van der Waals surface area contributed by atoms with Gasteiger partial charge in [-0.2, -0.15) is 11.8 Å². The Hall–Kier alpha value is 0.600. The molecule has 1 rings (SSSR count). The van der Waals surface area contributed by atoms with Crippen LogP contribution in [0.4, 0.5) is 0 Å². The number of halogens is 1. The molecule has 1 saturated heterocycles. The van der Waals surface area contributed by atoms with Crippen molar-refractivity contribution >= 4 is 23.4 Å². The van der Waals surface area contributed by atoms with Crippen LogP contribution < -0.4 is 5.32 Å². The average Bonchev–Trinajstić information content (AvgIpc) is 2.34. The van der Waals surface area contributed by atoms with Gasteiger partial charge in [0.1, 0.15) is 0 Å². The maximum Gasteiger partial charge on any atom is 0.0348 e. The van der Waals surface area contributed by atoms with Crippen LogP contribution in [-0.4, -0.2) is 30.0 Å². The molecule has 3 heteroatoms. The molecule has 1 aliphatic rings. The summed E-state index contributed by atoms with van der Waals surface area (Å²) in [5.41, 5.74) is 0. The summed E-state index contributed by atoms with van der Waals surface area (Å²) in [7, 11) is 0. The van der Waals surface area contributed by atoms with Gasteiger partial charge in [0.15, 0.2) is 0 Å². The molecule has 0 aliphatic carbocycles. The van der Waals surface area contributed by atoms with Gasteiger partial charge in [0.05, 0.1) is 0 Å². The van der Waals surface area contributed by atoms with Gasteiger partial charge in [0.25, 0.3) is 0 Å². The molecule has 1 aliphatic heterocycles. The van der Waals surface area contributed by atoms with Gasteiger partial charge in [-0.15, -0.1) is 11.6 Å². The molecule has 9 heavy (non-hydrogen) atoms. The zero-order valence-electron chi connectivity index (χ0n) is 5.40. The molecule has 0 bridgehead atoms. The summed E-state index contributed by atoms with van der Waals surface area (Å²) in [5, 5.41) is 3.38. The predicted molar refractivity (Wildman–Crippen MR) is 44.5 cm³/mol. The van der Waals surface area contributed by atoms with Crippen LogP contribution in [0, 0.1) is 0 Å². The summed E-state index contributed by atoms with van der Waals surface area (Å²) in [5.74, 6) is 3.33. The van der Waals surface area contributed by atoms with E-state index >= 15 is 0 Å². The van der Waals surface area contributed by atoms with E-state index < -0.39 is 0 Å². The Morgan fingerprint density at radius 1 is 1.67 bits per heavy atom. The molecule has 1 atom stereocenters. The molecule has 0 aromatic rings. The molecule has 0 amide bonds. The number of alkyl halides is 1. The Balaban J connectivity index is 1.98. The van der Waals surface area contributed by atoms with Gasteiger partial charge in [-0.25, -0.2) is 0 Å². The highest BCUT2D eigenvalue weighted by Crippen LogP contribution is 2.16. The van der Waals surface area contributed by atoms with Crippen molar-refractivity contribution in [1.82, 2.24) is 5.32 Å². The summed E-state index contributed by atoms with van der Waals surface area (Å²) in [6.45, 7) is 0.965. The van der Waals surface area contributed by atoms with Crippen molar-refractivity contribution < 1.29 is 0 Å². The number of hydrogen-bond donors (Lipinski definition) is 1. The number of hydrogen-bond acceptors (Lipinski definition) is 2. The Bertz CT molecular complexity index is 73.5. The normalized spacial score (nSPS) is 27.0. The average molecular weight is 166 g/mol. The van der Waals surface area contributed by atoms with Crippen molar-refractivity contribution in [2.24, 2.45) is 0 Å². The molecule has 1 unspecified atom stereocenters. The summed E-state index contributed by atoms with van der Waals surface area (Å²) in [4.78, 5) is 0. The molecule has 54 valence electrons. The number of thioether (sulfide) groups is 1. The van der Waals surface area contributed by atoms with Crippen molar-refractivity contribution in [3.63, 3.8) is 0 Å². The molecule has 1 nitrogen and oxygen atoms in total. The second-order valence-electron chi connectivity index (χ2n) is 2.20. The molecule has 0 aromatic heterocycles. The minimum Gasteiger partial charge on any atom is -0.312 e. The number of rotatable bonds is 3. The molecule has 1 N–H and O–H groups in total. The second kappa shape index (κ2) is 4.42. The first-order chi connectivity index (χ1) is 4.43. The maximum atomic E-state index is 5.51. The Labute approximate surface area is 65.5 Å². The first-order valence-electron chi connectivity index (χ1n) is 3.30. The molecule has 0 spiro atoms. The molecule has 0 radical (unpaired) electrons. The second-order valence-corrected chi connectivity index (χ2v) is 3.73. The fourth-order valence-electron chi connectivity index (χ4n) is 0.954. The van der Waals surface area contributed by atoms with Crippen LogP contribution in [0.1, 0.15) is 6.42 Å². The van der Waals surface area contributed by atoms with Gasteiger partial charge < -0.3 is 5.32 Å². The largest absolute Gasteiger partial charge is 0.312 e. The van der Waals surface area contributed by atoms with E-state index in [1.165, 1.54) is 17.9 Å². The van der Waals surface area contributed by atoms with E-state index in [-0.39, 0.29) is 0 Å². The smallest absolute Gasteiger partial charge is 0.0348 e. The van der Waals surface area contributed by atoms with E-state index in [1.54, 1.807) is 0 Å². The van der Waals surface area contributed by atoms with Crippen LogP contribution in [0.5, 0.6) is 0 Å². The fourth-order valence-corrected chi connectivity index (χ4v) is 2.25. The monoisotopic (exact) mass is 165 g/mol. The third-order valence-corrected chi connectivity index (χ3v) is 2.81. The van der Waals surface area contributed by atoms with E-state index in [2.05, 4.69) is 5.32 Å². The van der Waals surface area contributed by atoms with Crippen LogP contribution in [-0.2, 0) is 0 Å². The highest BCUT2D eigenvalue weighted by atomic mass is 35.5. The first kappa shape index (κ1) is 7.70. The van der Waals surface area contributed by atoms with E-state index in [1.807, 2.05) is 11.8 Å². The van der Waals surface area contributed by atoms with Gasteiger partial charge in [-0.3, -0.25) is 0 Å². The van der Waals surface area contributed by atoms with Crippen molar-refractivity contribution in [2.75, 3.05) is 23.9 Å². The third kappa shape index (κ3) is 2.78. The summed E-state index contributed by atoms with van der Waals surface area (Å²) >= 11 is 7.54. The quantitative estimate of drug-likeness (QED) is 0.634. The van der Waals surface area contributed by atoms with Crippen LogP contribution in [0.3, 0.4) is 0 Å². The van der Waals surface area contributed by atoms with Gasteiger partial charge >= 0.3 is 0 Å². The molecule has 0 aromatic carbocycles. The molecule has 1 fully saturated rings. The number of nitrogens with one attached hydrogen (secondary N) is 1. The van der Waals surface area contributed by atoms with Crippen molar-refractivity contribution in [3.05, 3.63) is 0 Å². The zero-order valence-corrected chi connectivity index (χ0v) is 6.97. The van der Waals surface area contributed by atoms with Crippen molar-refractivity contribution in [1.29, 1.82) is 0 Å². The fraction of sp³-hybridized carbons (Fsp3) is 1.00. The highest BCUT2D eigenvalue weighted by molar-refractivity contribution is 7.99. The van der Waals surface area contributed by atoms with Gasteiger partial charge in [0, 0.05) is 24.2 Å². The lowest BCUT2D eigenvalue weighted by Gasteiger charge is -2.07. The summed E-state index contributed by atoms with van der Waals surface area (Å²) in [6, 6.07) is 0.744. The van der Waals surface area contributed by atoms with Crippen molar-refractivity contribution in [2.45, 2.75) is 12.5 Å². The minimum absolute atomic E-state index is 0.737. The van der Waals surface area contributed by atoms with E-state index in [9.17, 15) is 0 Å². The standard InChI is InChI=1S/C6H12ClNS/c7-2-3-8-6-1-4-9-5-6/h6,8H,1-5H2. The van der Waals surface area contributed by atoms with Crippen LogP contribution >= 0.6 is 23.4 Å². The lowest BCUT2D eigenvalue weighted by Crippen LogP contribution is -2.30. The Morgan fingerprint density at radius 3 is 3.11 bits per heavy atom. The molecule has 1 heterocycles. The van der Waals surface area contributed by atoms with Gasteiger partial charge in [-0.1, -0.05) is 0 Å². The summed E-state index contributed by atoms with van der Waals surface area (Å²) in [6.07, 6.45) is 1.32. The minimum atomic E-state index is 0.737. The van der Waals surface area contributed by atoms with Gasteiger partial charge in [0.2, 0.25) is 0 Å². The van der Waals surface area contributed by atoms with E-state index in [0.29, 0.717) is 0 Å². The molecule has 0 saturated carbocycles. The highest BCUT2D eigenvalue weighted by Gasteiger charge is 2.13. The zero-order chi connectivity index (χ0) is 6.53. The topological polar surface area (TPSA) is 12.0 Å². The Kier molecular flexibility index (Phi) is 3.78. The Morgan fingerprint density at radius 2 is 2.56 bits per heavy atom. The van der Waals surface area contributed by atoms with E-state index in [4.69, 9.17) is 11.6 Å². The lowest BCUT2D eigenvalue weighted by atomic mass is 10.3.